The fraction of sp³-hybridized carbons (Fsp3) is 0.269. The van der Waals surface area contributed by atoms with Crippen LogP contribution in [0.15, 0.2) is 67.1 Å². The molecule has 0 unspecified atom stereocenters. The Balaban J connectivity index is 1.28. The highest BCUT2D eigenvalue weighted by molar-refractivity contribution is 7.18. The lowest BCUT2D eigenvalue weighted by Gasteiger charge is -2.26. The van der Waals surface area contributed by atoms with Crippen molar-refractivity contribution in [2.75, 3.05) is 50.0 Å². The van der Waals surface area contributed by atoms with E-state index < -0.39 is 0 Å². The fourth-order valence-electron chi connectivity index (χ4n) is 3.77. The van der Waals surface area contributed by atoms with Crippen LogP contribution in [-0.4, -0.2) is 70.4 Å². The highest BCUT2D eigenvalue weighted by atomic mass is 32.1. The predicted octanol–water partition coefficient (Wildman–Crippen LogP) is 3.57. The van der Waals surface area contributed by atoms with Gasteiger partial charge in [-0.2, -0.15) is 0 Å². The number of ether oxygens (including phenoxy) is 2. The molecule has 0 spiro atoms. The van der Waals surface area contributed by atoms with Gasteiger partial charge in [0.1, 0.15) is 11.6 Å². The van der Waals surface area contributed by atoms with Crippen LogP contribution in [0.3, 0.4) is 0 Å². The Labute approximate surface area is 218 Å². The molecule has 4 heterocycles. The third-order valence-corrected chi connectivity index (χ3v) is 6.64. The second-order valence-electron chi connectivity index (χ2n) is 8.33. The largest absolute Gasteiger partial charge is 0.471 e. The van der Waals surface area contributed by atoms with E-state index in [1.54, 1.807) is 18.5 Å². The summed E-state index contributed by atoms with van der Waals surface area (Å²) in [5.74, 6) is 0.119. The number of hydrogen-bond acceptors (Lipinski definition) is 10. The van der Waals surface area contributed by atoms with E-state index in [4.69, 9.17) is 9.47 Å². The van der Waals surface area contributed by atoms with Crippen LogP contribution in [0.5, 0.6) is 5.88 Å². The number of nitrogens with one attached hydrogen (secondary N) is 2. The van der Waals surface area contributed by atoms with E-state index in [1.165, 1.54) is 17.5 Å². The first-order chi connectivity index (χ1) is 18.2. The standard InChI is InChI=1S/C26H27N7O3S/c34-23(30-26-32-31-25(37-26)20-6-8-27-9-7-20)21-16-22(28-10-11-33-12-14-35-15-13-33)24(29-17-21)36-18-19-4-2-1-3-5-19/h1-9,16-17,28H,10-15,18H2,(H,30,32,34). The minimum atomic E-state index is -0.323. The van der Waals surface area contributed by atoms with Gasteiger partial charge in [-0.3, -0.25) is 20.0 Å². The Kier molecular flexibility index (Phi) is 8.26. The van der Waals surface area contributed by atoms with Gasteiger partial charge in [0.25, 0.3) is 5.91 Å². The van der Waals surface area contributed by atoms with Crippen LogP contribution in [-0.2, 0) is 11.3 Å². The quantitative estimate of drug-likeness (QED) is 0.326. The van der Waals surface area contributed by atoms with Crippen molar-refractivity contribution in [2.24, 2.45) is 0 Å². The Morgan fingerprint density at radius 1 is 1.08 bits per heavy atom. The molecule has 0 saturated carbocycles. The lowest BCUT2D eigenvalue weighted by atomic mass is 10.2. The highest BCUT2D eigenvalue weighted by Crippen LogP contribution is 2.27. The van der Waals surface area contributed by atoms with Crippen molar-refractivity contribution in [3.8, 4) is 16.5 Å². The predicted molar refractivity (Wildman–Crippen MR) is 142 cm³/mol. The molecule has 1 aromatic carbocycles. The van der Waals surface area contributed by atoms with Crippen molar-refractivity contribution >= 4 is 28.1 Å². The van der Waals surface area contributed by atoms with Crippen LogP contribution < -0.4 is 15.4 Å². The van der Waals surface area contributed by atoms with Crippen molar-refractivity contribution in [2.45, 2.75) is 6.61 Å². The summed E-state index contributed by atoms with van der Waals surface area (Å²) in [7, 11) is 0. The molecule has 3 aromatic heterocycles. The molecule has 10 nitrogen and oxygen atoms in total. The van der Waals surface area contributed by atoms with Crippen molar-refractivity contribution < 1.29 is 14.3 Å². The van der Waals surface area contributed by atoms with Gasteiger partial charge in [-0.25, -0.2) is 4.98 Å². The van der Waals surface area contributed by atoms with Crippen molar-refractivity contribution in [3.63, 3.8) is 0 Å². The van der Waals surface area contributed by atoms with E-state index in [1.807, 2.05) is 42.5 Å². The molecule has 0 aliphatic carbocycles. The van der Waals surface area contributed by atoms with E-state index in [-0.39, 0.29) is 5.91 Å². The van der Waals surface area contributed by atoms with E-state index in [9.17, 15) is 4.79 Å². The number of aromatic nitrogens is 4. The molecular weight excluding hydrogens is 490 g/mol. The third kappa shape index (κ3) is 6.85. The van der Waals surface area contributed by atoms with Crippen LogP contribution in [0.25, 0.3) is 10.6 Å². The summed E-state index contributed by atoms with van der Waals surface area (Å²) in [6, 6.07) is 15.3. The van der Waals surface area contributed by atoms with Crippen LogP contribution in [0.1, 0.15) is 15.9 Å². The smallest absolute Gasteiger partial charge is 0.259 e. The van der Waals surface area contributed by atoms with Gasteiger partial charge < -0.3 is 14.8 Å². The summed E-state index contributed by atoms with van der Waals surface area (Å²) in [5.41, 5.74) is 2.97. The summed E-state index contributed by atoms with van der Waals surface area (Å²) in [5, 5.41) is 15.6. The van der Waals surface area contributed by atoms with Gasteiger partial charge in [0, 0.05) is 50.3 Å². The van der Waals surface area contributed by atoms with Gasteiger partial charge in [0.15, 0.2) is 0 Å². The molecule has 1 aliphatic rings. The maximum atomic E-state index is 13.0. The molecule has 4 aromatic rings. The Morgan fingerprint density at radius 2 is 1.89 bits per heavy atom. The Hall–Kier alpha value is -3.93. The van der Waals surface area contributed by atoms with Crippen LogP contribution >= 0.6 is 11.3 Å². The number of amides is 1. The number of pyridine rings is 2. The SMILES string of the molecule is O=C(Nc1nnc(-c2ccncc2)s1)c1cnc(OCc2ccccc2)c(NCCN2CCOCC2)c1. The summed E-state index contributed by atoms with van der Waals surface area (Å²) >= 11 is 1.29. The van der Waals surface area contributed by atoms with Crippen molar-refractivity contribution in [1.29, 1.82) is 0 Å². The van der Waals surface area contributed by atoms with Gasteiger partial charge in [0.05, 0.1) is 24.5 Å². The lowest BCUT2D eigenvalue weighted by Crippen LogP contribution is -2.39. The Morgan fingerprint density at radius 3 is 2.70 bits per heavy atom. The first kappa shape index (κ1) is 24.8. The van der Waals surface area contributed by atoms with Crippen LogP contribution in [0.4, 0.5) is 10.8 Å². The molecule has 0 bridgehead atoms. The molecule has 11 heteroatoms. The normalized spacial score (nSPS) is 13.7. The monoisotopic (exact) mass is 517 g/mol. The first-order valence-electron chi connectivity index (χ1n) is 12.0. The molecule has 37 heavy (non-hydrogen) atoms. The number of carbonyl (C=O) groups is 1. The second kappa shape index (κ2) is 12.3. The van der Waals surface area contributed by atoms with Gasteiger partial charge in [0.2, 0.25) is 11.0 Å². The molecule has 0 radical (unpaired) electrons. The highest BCUT2D eigenvalue weighted by Gasteiger charge is 2.16. The zero-order valence-corrected chi connectivity index (χ0v) is 21.0. The zero-order chi connectivity index (χ0) is 25.3. The van der Waals surface area contributed by atoms with Gasteiger partial charge in [-0.05, 0) is 23.8 Å². The van der Waals surface area contributed by atoms with E-state index in [0.29, 0.717) is 40.4 Å². The molecule has 190 valence electrons. The average molecular weight is 518 g/mol. The third-order valence-electron chi connectivity index (χ3n) is 5.75. The van der Waals surface area contributed by atoms with Gasteiger partial charge >= 0.3 is 0 Å². The van der Waals surface area contributed by atoms with Crippen molar-refractivity contribution in [3.05, 3.63) is 78.2 Å². The molecule has 2 N–H and O–H groups in total. The van der Waals surface area contributed by atoms with E-state index in [0.717, 1.165) is 44.0 Å². The lowest BCUT2D eigenvalue weighted by molar-refractivity contribution is 0.0398. The molecule has 1 fully saturated rings. The minimum Gasteiger partial charge on any atom is -0.471 e. The number of carbonyl (C=O) groups excluding carboxylic acids is 1. The van der Waals surface area contributed by atoms with Crippen LogP contribution in [0.2, 0.25) is 0 Å². The van der Waals surface area contributed by atoms with E-state index in [2.05, 4.69) is 35.7 Å². The molecule has 1 aliphatic heterocycles. The van der Waals surface area contributed by atoms with E-state index >= 15 is 0 Å². The molecular formula is C26H27N7O3S. The minimum absolute atomic E-state index is 0.323. The Bertz CT molecular complexity index is 1300. The number of hydrogen-bond donors (Lipinski definition) is 2. The van der Waals surface area contributed by atoms with Gasteiger partial charge in [-0.15, -0.1) is 10.2 Å². The number of anilines is 2. The number of morpholine rings is 1. The maximum Gasteiger partial charge on any atom is 0.259 e. The average Bonchev–Trinajstić information content (AvgIpc) is 3.42. The number of nitrogens with zero attached hydrogens (tertiary/aromatic N) is 5. The molecule has 5 rings (SSSR count). The summed E-state index contributed by atoms with van der Waals surface area (Å²) in [4.78, 5) is 23.8. The summed E-state index contributed by atoms with van der Waals surface area (Å²) in [6.07, 6.45) is 4.89. The zero-order valence-electron chi connectivity index (χ0n) is 20.2. The van der Waals surface area contributed by atoms with Gasteiger partial charge in [-0.1, -0.05) is 41.7 Å². The molecule has 1 saturated heterocycles. The van der Waals surface area contributed by atoms with Crippen molar-refractivity contribution in [1.82, 2.24) is 25.1 Å². The maximum absolute atomic E-state index is 13.0. The molecule has 0 atom stereocenters. The summed E-state index contributed by atoms with van der Waals surface area (Å²) in [6.45, 7) is 5.21. The van der Waals surface area contributed by atoms with Crippen LogP contribution in [0, 0.1) is 0 Å². The molecule has 1 amide bonds. The first-order valence-corrected chi connectivity index (χ1v) is 12.8. The summed E-state index contributed by atoms with van der Waals surface area (Å²) < 4.78 is 11.4. The fourth-order valence-corrected chi connectivity index (χ4v) is 4.52. The number of rotatable bonds is 10. The second-order valence-corrected chi connectivity index (χ2v) is 9.31. The number of benzene rings is 1. The topological polar surface area (TPSA) is 114 Å².